The van der Waals surface area contributed by atoms with E-state index in [1.54, 1.807) is 0 Å². The fourth-order valence-electron chi connectivity index (χ4n) is 4.20. The van der Waals surface area contributed by atoms with Gasteiger partial charge in [-0.2, -0.15) is 5.26 Å². The maximum absolute atomic E-state index is 10.0. The van der Waals surface area contributed by atoms with Crippen molar-refractivity contribution in [2.45, 2.75) is 52.7 Å². The van der Waals surface area contributed by atoms with Crippen LogP contribution in [0, 0.1) is 11.3 Å². The number of nitriles is 1. The van der Waals surface area contributed by atoms with Gasteiger partial charge in [0.2, 0.25) is 0 Å². The second kappa shape index (κ2) is 7.74. The van der Waals surface area contributed by atoms with E-state index in [1.165, 1.54) is 0 Å². The highest BCUT2D eigenvalue weighted by Gasteiger charge is 2.51. The molecule has 1 aliphatic rings. The molecule has 6 heteroatoms. The van der Waals surface area contributed by atoms with Gasteiger partial charge in [-0.15, -0.1) is 0 Å². The minimum Gasteiger partial charge on any atom is -0.399 e. The van der Waals surface area contributed by atoms with Crippen molar-refractivity contribution in [3.63, 3.8) is 0 Å². The van der Waals surface area contributed by atoms with Crippen molar-refractivity contribution in [1.29, 1.82) is 5.26 Å². The maximum atomic E-state index is 10.0. The van der Waals surface area contributed by atoms with Crippen molar-refractivity contribution in [3.05, 3.63) is 54.2 Å². The Bertz CT molecular complexity index is 1120. The van der Waals surface area contributed by atoms with Crippen molar-refractivity contribution in [2.24, 2.45) is 0 Å². The summed E-state index contributed by atoms with van der Waals surface area (Å²) < 4.78 is 14.5. The van der Waals surface area contributed by atoms with Crippen LogP contribution in [-0.4, -0.2) is 35.8 Å². The van der Waals surface area contributed by atoms with E-state index in [0.717, 1.165) is 41.0 Å². The fraction of sp³-hybridized carbons (Fsp3) is 0.400. The number of benzene rings is 1. The normalized spacial score (nSPS) is 17.1. The molecule has 0 atom stereocenters. The summed E-state index contributed by atoms with van der Waals surface area (Å²) in [6, 6.07) is 16.7. The van der Waals surface area contributed by atoms with Gasteiger partial charge in [0.1, 0.15) is 11.9 Å². The van der Waals surface area contributed by atoms with Gasteiger partial charge >= 0.3 is 7.12 Å². The summed E-state index contributed by atoms with van der Waals surface area (Å²) in [4.78, 5) is 2.30. The Morgan fingerprint density at radius 3 is 2.13 bits per heavy atom. The van der Waals surface area contributed by atoms with E-state index in [-0.39, 0.29) is 11.2 Å². The molecule has 1 aliphatic heterocycles. The molecule has 5 nitrogen and oxygen atoms in total. The molecule has 0 aliphatic carbocycles. The van der Waals surface area contributed by atoms with E-state index in [0.29, 0.717) is 5.56 Å². The van der Waals surface area contributed by atoms with E-state index in [2.05, 4.69) is 69.0 Å². The third-order valence-corrected chi connectivity index (χ3v) is 6.72. The van der Waals surface area contributed by atoms with Crippen molar-refractivity contribution < 1.29 is 9.31 Å². The number of pyridine rings is 1. The van der Waals surface area contributed by atoms with Crippen LogP contribution in [0.4, 0.5) is 5.82 Å². The van der Waals surface area contributed by atoms with Crippen molar-refractivity contribution >= 4 is 23.9 Å². The van der Waals surface area contributed by atoms with Gasteiger partial charge in [0, 0.05) is 24.8 Å². The lowest BCUT2D eigenvalue weighted by Crippen LogP contribution is -2.41. The van der Waals surface area contributed by atoms with E-state index in [4.69, 9.17) is 9.31 Å². The van der Waals surface area contributed by atoms with Gasteiger partial charge in [0.05, 0.1) is 22.3 Å². The Hall–Kier alpha value is -2.75. The Morgan fingerprint density at radius 1 is 0.968 bits per heavy atom. The van der Waals surface area contributed by atoms with E-state index < -0.39 is 7.12 Å². The first-order valence-electron chi connectivity index (χ1n) is 11.0. The van der Waals surface area contributed by atoms with Gasteiger partial charge in [0.25, 0.3) is 0 Å². The molecule has 0 bridgehead atoms. The topological polar surface area (TPSA) is 49.9 Å². The highest BCUT2D eigenvalue weighted by atomic mass is 16.7. The van der Waals surface area contributed by atoms with Crippen LogP contribution in [0.15, 0.2) is 48.7 Å². The number of nitrogens with zero attached hydrogens (tertiary/aromatic N) is 3. The average Bonchev–Trinajstić information content (AvgIpc) is 3.19. The molecule has 0 N–H and O–H groups in total. The molecule has 2 aromatic heterocycles. The van der Waals surface area contributed by atoms with Gasteiger partial charge in [-0.25, -0.2) is 0 Å². The molecule has 0 saturated carbocycles. The zero-order chi connectivity index (χ0) is 22.4. The monoisotopic (exact) mass is 415 g/mol. The fourth-order valence-corrected chi connectivity index (χ4v) is 4.20. The second-order valence-electron chi connectivity index (χ2n) is 9.02. The van der Waals surface area contributed by atoms with Gasteiger partial charge in [-0.3, -0.25) is 0 Å². The molecule has 31 heavy (non-hydrogen) atoms. The first-order chi connectivity index (χ1) is 14.7. The zero-order valence-corrected chi connectivity index (χ0v) is 19.3. The van der Waals surface area contributed by atoms with Crippen molar-refractivity contribution in [2.75, 3.05) is 18.0 Å². The molecule has 0 amide bonds. The first-order valence-corrected chi connectivity index (χ1v) is 11.0. The van der Waals surface area contributed by atoms with Gasteiger partial charge in [-0.1, -0.05) is 30.3 Å². The molecule has 0 unspecified atom stereocenters. The highest BCUT2D eigenvalue weighted by Crippen LogP contribution is 2.39. The first kappa shape index (κ1) is 21.5. The van der Waals surface area contributed by atoms with Crippen LogP contribution in [0.2, 0.25) is 0 Å². The molecule has 1 saturated heterocycles. The number of rotatable bonds is 5. The molecule has 4 rings (SSSR count). The number of anilines is 1. The molecule has 3 aromatic rings. The Morgan fingerprint density at radius 2 is 1.58 bits per heavy atom. The molecule has 1 aromatic carbocycles. The number of fused-ring (bicyclic) bond motifs is 1. The number of hydrogen-bond donors (Lipinski definition) is 0. The lowest BCUT2D eigenvalue weighted by atomic mass is 9.78. The third-order valence-electron chi connectivity index (χ3n) is 6.72. The average molecular weight is 415 g/mol. The number of hydrogen-bond acceptors (Lipinski definition) is 4. The summed E-state index contributed by atoms with van der Waals surface area (Å²) in [5, 5.41) is 10.0. The summed E-state index contributed by atoms with van der Waals surface area (Å²) in [7, 11) is -0.398. The standard InChI is InChI=1S/C25H30BN3O2/c1-7-28(8-2)23-22(20(17-27)21-11-9-10-16-29(21)23)18-12-14-19(15-13-18)26-30-24(3,4)25(5,6)31-26/h9-16H,7-8H2,1-6H3. The van der Waals surface area contributed by atoms with Crippen molar-refractivity contribution in [1.82, 2.24) is 4.40 Å². The summed E-state index contributed by atoms with van der Waals surface area (Å²) in [5.41, 5.74) is 3.85. The zero-order valence-electron chi connectivity index (χ0n) is 19.3. The van der Waals surface area contributed by atoms with E-state index >= 15 is 0 Å². The highest BCUT2D eigenvalue weighted by molar-refractivity contribution is 6.62. The predicted octanol–water partition coefficient (Wildman–Crippen LogP) is 4.62. The van der Waals surface area contributed by atoms with Gasteiger partial charge in [0.15, 0.2) is 0 Å². The van der Waals surface area contributed by atoms with Crippen LogP contribution in [0.1, 0.15) is 47.1 Å². The Balaban J connectivity index is 1.81. The quantitative estimate of drug-likeness (QED) is 0.571. The lowest BCUT2D eigenvalue weighted by molar-refractivity contribution is 0.00578. The predicted molar refractivity (Wildman–Crippen MR) is 127 cm³/mol. The summed E-state index contributed by atoms with van der Waals surface area (Å²) >= 11 is 0. The summed E-state index contributed by atoms with van der Waals surface area (Å²) in [5.74, 6) is 1.06. The molecule has 3 heterocycles. The van der Waals surface area contributed by atoms with E-state index in [1.807, 2.05) is 36.5 Å². The van der Waals surface area contributed by atoms with Gasteiger partial charge < -0.3 is 18.6 Å². The molecular formula is C25H30BN3O2. The van der Waals surface area contributed by atoms with Crippen LogP contribution in [-0.2, 0) is 9.31 Å². The lowest BCUT2D eigenvalue weighted by Gasteiger charge is -2.32. The van der Waals surface area contributed by atoms with E-state index in [9.17, 15) is 5.26 Å². The van der Waals surface area contributed by atoms with Crippen LogP contribution >= 0.6 is 0 Å². The van der Waals surface area contributed by atoms with Gasteiger partial charge in [-0.05, 0) is 64.7 Å². The molecule has 0 spiro atoms. The smallest absolute Gasteiger partial charge is 0.399 e. The van der Waals surface area contributed by atoms with Crippen LogP contribution < -0.4 is 10.4 Å². The van der Waals surface area contributed by atoms with Crippen LogP contribution in [0.5, 0.6) is 0 Å². The second-order valence-corrected chi connectivity index (χ2v) is 9.02. The van der Waals surface area contributed by atoms with Crippen molar-refractivity contribution in [3.8, 4) is 17.2 Å². The minimum absolute atomic E-state index is 0.375. The molecule has 160 valence electrons. The molecular weight excluding hydrogens is 385 g/mol. The largest absolute Gasteiger partial charge is 0.494 e. The Labute approximate surface area is 185 Å². The third kappa shape index (κ3) is 3.42. The van der Waals surface area contributed by atoms with Crippen LogP contribution in [0.3, 0.4) is 0 Å². The van der Waals surface area contributed by atoms with Crippen LogP contribution in [0.25, 0.3) is 16.6 Å². The summed E-state index contributed by atoms with van der Waals surface area (Å²) in [6.07, 6.45) is 2.03. The Kier molecular flexibility index (Phi) is 5.37. The summed E-state index contributed by atoms with van der Waals surface area (Å²) in [6.45, 7) is 14.2. The molecule has 1 fully saturated rings. The maximum Gasteiger partial charge on any atom is 0.494 e. The molecule has 0 radical (unpaired) electrons. The number of aromatic nitrogens is 1. The SMILES string of the molecule is CCN(CC)c1c(-c2ccc(B3OC(C)(C)C(C)(C)O3)cc2)c(C#N)c2ccccn12. The minimum atomic E-state index is -0.398.